The van der Waals surface area contributed by atoms with Crippen LogP contribution in [0.1, 0.15) is 40.5 Å². The molecule has 3 nitrogen and oxygen atoms in total. The van der Waals surface area contributed by atoms with Crippen LogP contribution in [0.15, 0.2) is 24.3 Å². The maximum Gasteiger partial charge on any atom is 0.254 e. The summed E-state index contributed by atoms with van der Waals surface area (Å²) in [4.78, 5) is 17.3. The summed E-state index contributed by atoms with van der Waals surface area (Å²) in [7, 11) is 0. The molecule has 2 atom stereocenters. The highest BCUT2D eigenvalue weighted by atomic mass is 79.9. The normalized spacial score (nSPS) is 26.9. The van der Waals surface area contributed by atoms with Crippen LogP contribution in [0.25, 0.3) is 0 Å². The van der Waals surface area contributed by atoms with Crippen molar-refractivity contribution in [3.05, 3.63) is 35.4 Å². The lowest BCUT2D eigenvalue weighted by atomic mass is 9.99. The Labute approximate surface area is 129 Å². The van der Waals surface area contributed by atoms with Crippen molar-refractivity contribution in [2.45, 2.75) is 30.6 Å². The van der Waals surface area contributed by atoms with Gasteiger partial charge in [0, 0.05) is 31.2 Å². The van der Waals surface area contributed by atoms with Gasteiger partial charge < -0.3 is 4.90 Å². The molecule has 0 N–H and O–H groups in total. The van der Waals surface area contributed by atoms with Gasteiger partial charge in [-0.1, -0.05) is 34.1 Å². The van der Waals surface area contributed by atoms with Crippen molar-refractivity contribution in [3.8, 4) is 0 Å². The van der Waals surface area contributed by atoms with E-state index in [2.05, 4.69) is 27.8 Å². The molecule has 1 fully saturated rings. The van der Waals surface area contributed by atoms with Gasteiger partial charge in [-0.05, 0) is 37.9 Å². The van der Waals surface area contributed by atoms with E-state index in [4.69, 9.17) is 0 Å². The fourth-order valence-corrected chi connectivity index (χ4v) is 4.03. The third-order valence-electron chi connectivity index (χ3n) is 4.54. The molecule has 0 aromatic heterocycles. The smallest absolute Gasteiger partial charge is 0.254 e. The number of carbonyl (C=O) groups excluding carboxylic acids is 1. The summed E-state index contributed by atoms with van der Waals surface area (Å²) in [6, 6.07) is 8.61. The molecule has 3 rings (SSSR count). The van der Waals surface area contributed by atoms with Gasteiger partial charge in [-0.2, -0.15) is 0 Å². The topological polar surface area (TPSA) is 23.6 Å². The first-order chi connectivity index (χ1) is 9.66. The number of carbonyl (C=O) groups is 1. The Morgan fingerprint density at radius 2 is 2.10 bits per heavy atom. The average molecular weight is 337 g/mol. The molecule has 0 bridgehead atoms. The minimum atomic E-state index is 0.183. The van der Waals surface area contributed by atoms with Crippen molar-refractivity contribution < 1.29 is 4.79 Å². The van der Waals surface area contributed by atoms with Crippen molar-refractivity contribution in [3.63, 3.8) is 0 Å². The predicted octanol–water partition coefficient (Wildman–Crippen LogP) is 3.06. The monoisotopic (exact) mass is 336 g/mol. The van der Waals surface area contributed by atoms with Crippen molar-refractivity contribution in [2.75, 3.05) is 26.2 Å². The van der Waals surface area contributed by atoms with Crippen molar-refractivity contribution in [1.29, 1.82) is 0 Å². The molecule has 2 heterocycles. The minimum Gasteiger partial charge on any atom is -0.336 e. The second-order valence-corrected chi connectivity index (χ2v) is 6.94. The first-order valence-electron chi connectivity index (χ1n) is 7.43. The highest BCUT2D eigenvalue weighted by Gasteiger charge is 2.30. The molecule has 108 valence electrons. The van der Waals surface area contributed by atoms with Crippen LogP contribution in [-0.2, 0) is 0 Å². The van der Waals surface area contributed by atoms with Gasteiger partial charge in [-0.3, -0.25) is 9.69 Å². The van der Waals surface area contributed by atoms with E-state index < -0.39 is 0 Å². The van der Waals surface area contributed by atoms with Crippen LogP contribution >= 0.6 is 15.9 Å². The Morgan fingerprint density at radius 3 is 2.85 bits per heavy atom. The Hall–Kier alpha value is -0.870. The van der Waals surface area contributed by atoms with Gasteiger partial charge in [-0.25, -0.2) is 0 Å². The number of fused-ring (bicyclic) bond motifs is 1. The number of hydrogen-bond donors (Lipinski definition) is 0. The summed E-state index contributed by atoms with van der Waals surface area (Å²) >= 11 is 3.71. The summed E-state index contributed by atoms with van der Waals surface area (Å²) in [6.45, 7) is 6.07. The molecule has 1 saturated heterocycles. The summed E-state index contributed by atoms with van der Waals surface area (Å²) in [6.07, 6.45) is 2.58. The molecule has 0 spiro atoms. The Kier molecular flexibility index (Phi) is 4.13. The molecule has 0 aliphatic carbocycles. The number of amides is 1. The molecule has 20 heavy (non-hydrogen) atoms. The lowest BCUT2D eigenvalue weighted by molar-refractivity contribution is 0.0716. The molecule has 2 aliphatic heterocycles. The van der Waals surface area contributed by atoms with Gasteiger partial charge >= 0.3 is 0 Å². The average Bonchev–Trinajstić information content (AvgIpc) is 2.87. The summed E-state index contributed by atoms with van der Waals surface area (Å²) in [5, 5.41) is 0. The fraction of sp³-hybridized carbons (Fsp3) is 0.562. The van der Waals surface area contributed by atoms with E-state index in [1.54, 1.807) is 0 Å². The van der Waals surface area contributed by atoms with E-state index in [9.17, 15) is 4.79 Å². The summed E-state index contributed by atoms with van der Waals surface area (Å²) < 4.78 is 0. The zero-order chi connectivity index (χ0) is 14.1. The zero-order valence-corrected chi connectivity index (χ0v) is 13.5. The van der Waals surface area contributed by atoms with Crippen LogP contribution in [0.3, 0.4) is 0 Å². The number of nitrogens with zero attached hydrogens (tertiary/aromatic N) is 2. The van der Waals surface area contributed by atoms with E-state index in [-0.39, 0.29) is 10.7 Å². The molecular weight excluding hydrogens is 316 g/mol. The molecule has 0 saturated carbocycles. The Bertz CT molecular complexity index is 505. The van der Waals surface area contributed by atoms with Gasteiger partial charge in [0.1, 0.15) is 0 Å². The van der Waals surface area contributed by atoms with Gasteiger partial charge in [0.2, 0.25) is 0 Å². The van der Waals surface area contributed by atoms with Crippen molar-refractivity contribution in [2.24, 2.45) is 0 Å². The molecule has 1 aromatic carbocycles. The largest absolute Gasteiger partial charge is 0.336 e. The standard InChI is InChI=1S/C16H21BrN2O/c1-12-5-4-8-18(12)9-10-19-11-15(17)13-6-2-3-7-14(13)16(19)20/h2-3,6-7,12,15H,4-5,8-11H2,1H3/t12-,15+/m1/s1. The second kappa shape index (κ2) is 5.86. The van der Waals surface area contributed by atoms with E-state index in [1.807, 2.05) is 29.2 Å². The molecule has 1 aromatic rings. The highest BCUT2D eigenvalue weighted by Crippen LogP contribution is 2.32. The van der Waals surface area contributed by atoms with Crippen LogP contribution in [0.2, 0.25) is 0 Å². The number of likely N-dealkylation sites (tertiary alicyclic amines) is 1. The molecule has 0 radical (unpaired) electrons. The van der Waals surface area contributed by atoms with Gasteiger partial charge in [-0.15, -0.1) is 0 Å². The first-order valence-corrected chi connectivity index (χ1v) is 8.34. The predicted molar refractivity (Wildman–Crippen MR) is 84.3 cm³/mol. The zero-order valence-electron chi connectivity index (χ0n) is 11.9. The van der Waals surface area contributed by atoms with Gasteiger partial charge in [0.25, 0.3) is 5.91 Å². The Balaban J connectivity index is 1.68. The summed E-state index contributed by atoms with van der Waals surface area (Å²) in [5.41, 5.74) is 1.98. The molecule has 4 heteroatoms. The molecule has 0 unspecified atom stereocenters. The van der Waals surface area contributed by atoms with Crippen molar-refractivity contribution in [1.82, 2.24) is 9.80 Å². The molecular formula is C16H21BrN2O. The third kappa shape index (κ3) is 2.63. The maximum absolute atomic E-state index is 12.5. The fourth-order valence-electron chi connectivity index (χ4n) is 3.28. The Morgan fingerprint density at radius 1 is 1.30 bits per heavy atom. The lowest BCUT2D eigenvalue weighted by Gasteiger charge is -2.33. The van der Waals surface area contributed by atoms with Crippen LogP contribution in [0, 0.1) is 0 Å². The second-order valence-electron chi connectivity index (χ2n) is 5.83. The number of halogens is 1. The minimum absolute atomic E-state index is 0.183. The van der Waals surface area contributed by atoms with E-state index in [0.717, 1.165) is 30.8 Å². The number of alkyl halides is 1. The van der Waals surface area contributed by atoms with E-state index >= 15 is 0 Å². The quantitative estimate of drug-likeness (QED) is 0.792. The first kappa shape index (κ1) is 14.1. The summed E-state index contributed by atoms with van der Waals surface area (Å²) in [5.74, 6) is 0.183. The van der Waals surface area contributed by atoms with Gasteiger partial charge in [0.05, 0.1) is 4.83 Å². The van der Waals surface area contributed by atoms with Crippen molar-refractivity contribution >= 4 is 21.8 Å². The lowest BCUT2D eigenvalue weighted by Crippen LogP contribution is -2.43. The van der Waals surface area contributed by atoms with Crippen LogP contribution in [0.5, 0.6) is 0 Å². The SMILES string of the molecule is C[C@@H]1CCCN1CCN1C[C@H](Br)c2ccccc2C1=O. The molecule has 2 aliphatic rings. The maximum atomic E-state index is 12.5. The third-order valence-corrected chi connectivity index (χ3v) is 5.33. The number of benzene rings is 1. The highest BCUT2D eigenvalue weighted by molar-refractivity contribution is 9.09. The number of hydrogen-bond acceptors (Lipinski definition) is 2. The molecule has 1 amide bonds. The van der Waals surface area contributed by atoms with Crippen LogP contribution in [-0.4, -0.2) is 47.9 Å². The number of rotatable bonds is 3. The van der Waals surface area contributed by atoms with Gasteiger partial charge in [0.15, 0.2) is 0 Å². The van der Waals surface area contributed by atoms with E-state index in [1.165, 1.54) is 19.4 Å². The van der Waals surface area contributed by atoms with Crippen LogP contribution in [0.4, 0.5) is 0 Å². The van der Waals surface area contributed by atoms with Crippen LogP contribution < -0.4 is 0 Å². The van der Waals surface area contributed by atoms with E-state index in [0.29, 0.717) is 6.04 Å².